The van der Waals surface area contributed by atoms with E-state index in [1.54, 1.807) is 11.9 Å². The minimum Gasteiger partial charge on any atom is -0.344 e. The summed E-state index contributed by atoms with van der Waals surface area (Å²) in [5.41, 5.74) is 1.12. The highest BCUT2D eigenvalue weighted by Gasteiger charge is 2.29. The van der Waals surface area contributed by atoms with Crippen LogP contribution in [0.5, 0.6) is 0 Å². The minimum absolute atomic E-state index is 0.0111. The maximum absolute atomic E-state index is 11.8. The highest BCUT2D eigenvalue weighted by molar-refractivity contribution is 9.10. The molecule has 5 heteroatoms. The number of benzene rings is 1. The lowest BCUT2D eigenvalue weighted by Crippen LogP contribution is -2.40. The average Bonchev–Trinajstić information content (AvgIpc) is 2.70. The van der Waals surface area contributed by atoms with Crippen LogP contribution in [0, 0.1) is 0 Å². The topological polar surface area (TPSA) is 49.4 Å². The molecule has 1 unspecified atom stereocenters. The zero-order chi connectivity index (χ0) is 13.8. The molecule has 1 fully saturated rings. The van der Waals surface area contributed by atoms with E-state index in [0.29, 0.717) is 19.3 Å². The first-order valence-corrected chi connectivity index (χ1v) is 7.14. The van der Waals surface area contributed by atoms with Crippen LogP contribution in [0.1, 0.15) is 18.4 Å². The zero-order valence-corrected chi connectivity index (χ0v) is 12.4. The molecular weight excluding hydrogens is 308 g/mol. The molecule has 2 amide bonds. The fourth-order valence-corrected chi connectivity index (χ4v) is 2.40. The van der Waals surface area contributed by atoms with E-state index < -0.39 is 0 Å². The predicted molar refractivity (Wildman–Crippen MR) is 76.6 cm³/mol. The Morgan fingerprint density at radius 2 is 2.11 bits per heavy atom. The summed E-state index contributed by atoms with van der Waals surface area (Å²) in [6.07, 6.45) is 1.81. The van der Waals surface area contributed by atoms with Crippen LogP contribution in [0.3, 0.4) is 0 Å². The Bertz CT molecular complexity index is 473. The lowest BCUT2D eigenvalue weighted by molar-refractivity contribution is -0.131. The Balaban J connectivity index is 1.79. The van der Waals surface area contributed by atoms with Gasteiger partial charge in [-0.1, -0.05) is 28.1 Å². The van der Waals surface area contributed by atoms with Gasteiger partial charge in [-0.3, -0.25) is 9.59 Å². The van der Waals surface area contributed by atoms with Crippen LogP contribution >= 0.6 is 15.9 Å². The van der Waals surface area contributed by atoms with Crippen molar-refractivity contribution in [3.63, 3.8) is 0 Å². The van der Waals surface area contributed by atoms with E-state index in [9.17, 15) is 9.59 Å². The van der Waals surface area contributed by atoms with E-state index in [1.807, 2.05) is 24.3 Å². The Morgan fingerprint density at radius 3 is 2.68 bits per heavy atom. The molecule has 0 spiro atoms. The quantitative estimate of drug-likeness (QED) is 0.917. The summed E-state index contributed by atoms with van der Waals surface area (Å²) in [6.45, 7) is 0.719. The molecule has 2 rings (SSSR count). The molecule has 0 bridgehead atoms. The first-order valence-electron chi connectivity index (χ1n) is 6.35. The monoisotopic (exact) mass is 324 g/mol. The number of likely N-dealkylation sites (N-methyl/N-ethyl adjacent to an activating group) is 1. The van der Waals surface area contributed by atoms with Gasteiger partial charge in [-0.25, -0.2) is 0 Å². The van der Waals surface area contributed by atoms with Crippen LogP contribution in [0.4, 0.5) is 0 Å². The maximum atomic E-state index is 11.8. The van der Waals surface area contributed by atoms with Crippen molar-refractivity contribution in [3.8, 4) is 0 Å². The van der Waals surface area contributed by atoms with E-state index in [1.165, 1.54) is 0 Å². The molecule has 1 N–H and O–H groups in total. The van der Waals surface area contributed by atoms with Crippen molar-refractivity contribution < 1.29 is 9.59 Å². The number of carbonyl (C=O) groups excluding carboxylic acids is 2. The van der Waals surface area contributed by atoms with Crippen molar-refractivity contribution in [1.29, 1.82) is 0 Å². The molecule has 1 saturated heterocycles. The van der Waals surface area contributed by atoms with Gasteiger partial charge in [0.2, 0.25) is 11.8 Å². The van der Waals surface area contributed by atoms with Crippen LogP contribution in [-0.2, 0) is 16.0 Å². The molecule has 1 aliphatic heterocycles. The van der Waals surface area contributed by atoms with Gasteiger partial charge in [-0.15, -0.1) is 0 Å². The van der Waals surface area contributed by atoms with Gasteiger partial charge in [0.15, 0.2) is 0 Å². The fourth-order valence-electron chi connectivity index (χ4n) is 2.13. The number of rotatable bonds is 4. The lowest BCUT2D eigenvalue weighted by Gasteiger charge is -2.12. The molecule has 4 nitrogen and oxygen atoms in total. The van der Waals surface area contributed by atoms with E-state index in [2.05, 4.69) is 21.2 Å². The summed E-state index contributed by atoms with van der Waals surface area (Å²) in [6, 6.07) is 7.57. The van der Waals surface area contributed by atoms with E-state index >= 15 is 0 Å². The molecule has 0 aliphatic carbocycles. The summed E-state index contributed by atoms with van der Waals surface area (Å²) >= 11 is 3.37. The number of hydrogen-bond acceptors (Lipinski definition) is 2. The third-order valence-corrected chi connectivity index (χ3v) is 3.85. The van der Waals surface area contributed by atoms with E-state index in [-0.39, 0.29) is 17.9 Å². The summed E-state index contributed by atoms with van der Waals surface area (Å²) in [4.78, 5) is 25.1. The SMILES string of the molecule is CN1CCC(NC(=O)CCc2ccc(Br)cc2)C1=O. The van der Waals surface area contributed by atoms with Gasteiger partial charge in [0, 0.05) is 24.5 Å². The number of nitrogens with zero attached hydrogens (tertiary/aromatic N) is 1. The number of nitrogens with one attached hydrogen (secondary N) is 1. The largest absolute Gasteiger partial charge is 0.344 e. The molecule has 1 aromatic carbocycles. The molecule has 1 aliphatic rings. The molecular formula is C14H17BrN2O2. The van der Waals surface area contributed by atoms with Gasteiger partial charge in [0.25, 0.3) is 0 Å². The first-order chi connectivity index (χ1) is 9.06. The number of likely N-dealkylation sites (tertiary alicyclic amines) is 1. The normalized spacial score (nSPS) is 18.7. The summed E-state index contributed by atoms with van der Waals surface area (Å²) in [5, 5.41) is 2.80. The minimum atomic E-state index is -0.331. The number of halogens is 1. The Hall–Kier alpha value is -1.36. The highest BCUT2D eigenvalue weighted by atomic mass is 79.9. The van der Waals surface area contributed by atoms with Gasteiger partial charge < -0.3 is 10.2 Å². The van der Waals surface area contributed by atoms with E-state index in [4.69, 9.17) is 0 Å². The first kappa shape index (κ1) is 14.1. The van der Waals surface area contributed by atoms with E-state index in [0.717, 1.165) is 16.6 Å². The second-order valence-corrected chi connectivity index (χ2v) is 5.71. The third kappa shape index (κ3) is 3.80. The third-order valence-electron chi connectivity index (χ3n) is 3.32. The molecule has 0 radical (unpaired) electrons. The molecule has 0 aromatic heterocycles. The van der Waals surface area contributed by atoms with Crippen molar-refractivity contribution in [2.45, 2.75) is 25.3 Å². The Kier molecular flexibility index (Phi) is 4.58. The number of aryl methyl sites for hydroxylation is 1. The molecule has 102 valence electrons. The molecule has 1 heterocycles. The highest BCUT2D eigenvalue weighted by Crippen LogP contribution is 2.12. The van der Waals surface area contributed by atoms with Crippen molar-refractivity contribution in [1.82, 2.24) is 10.2 Å². The van der Waals surface area contributed by atoms with Crippen molar-refractivity contribution in [3.05, 3.63) is 34.3 Å². The fraction of sp³-hybridized carbons (Fsp3) is 0.429. The maximum Gasteiger partial charge on any atom is 0.244 e. The number of amides is 2. The van der Waals surface area contributed by atoms with Crippen molar-refractivity contribution in [2.24, 2.45) is 0 Å². The summed E-state index contributed by atoms with van der Waals surface area (Å²) in [7, 11) is 1.76. The second-order valence-electron chi connectivity index (χ2n) is 4.80. The molecule has 1 atom stereocenters. The van der Waals surface area contributed by atoms with Gasteiger partial charge in [0.05, 0.1) is 0 Å². The predicted octanol–water partition coefficient (Wildman–Crippen LogP) is 1.73. The summed E-state index contributed by atoms with van der Waals surface area (Å²) < 4.78 is 1.03. The van der Waals surface area contributed by atoms with Crippen LogP contribution in [0.2, 0.25) is 0 Å². The van der Waals surface area contributed by atoms with Crippen molar-refractivity contribution in [2.75, 3.05) is 13.6 Å². The van der Waals surface area contributed by atoms with Crippen LogP contribution in [0.15, 0.2) is 28.7 Å². The smallest absolute Gasteiger partial charge is 0.244 e. The molecule has 0 saturated carbocycles. The van der Waals surface area contributed by atoms with Gasteiger partial charge in [-0.2, -0.15) is 0 Å². The summed E-state index contributed by atoms with van der Waals surface area (Å²) in [5.74, 6) is -0.0476. The Labute approximate surface area is 121 Å². The molecule has 1 aromatic rings. The van der Waals surface area contributed by atoms with Crippen molar-refractivity contribution >= 4 is 27.7 Å². The number of hydrogen-bond donors (Lipinski definition) is 1. The lowest BCUT2D eigenvalue weighted by atomic mass is 10.1. The zero-order valence-electron chi connectivity index (χ0n) is 10.9. The average molecular weight is 325 g/mol. The second kappa shape index (κ2) is 6.19. The Morgan fingerprint density at radius 1 is 1.42 bits per heavy atom. The van der Waals surface area contributed by atoms with Crippen LogP contribution in [-0.4, -0.2) is 36.3 Å². The van der Waals surface area contributed by atoms with Crippen LogP contribution < -0.4 is 5.32 Å². The number of carbonyl (C=O) groups is 2. The molecule has 19 heavy (non-hydrogen) atoms. The van der Waals surface area contributed by atoms with Gasteiger partial charge >= 0.3 is 0 Å². The standard InChI is InChI=1S/C14H17BrN2O2/c1-17-9-8-12(14(17)19)16-13(18)7-4-10-2-5-11(15)6-3-10/h2-3,5-6,12H,4,7-9H2,1H3,(H,16,18). The van der Waals surface area contributed by atoms with Gasteiger partial charge in [0.1, 0.15) is 6.04 Å². The van der Waals surface area contributed by atoms with Gasteiger partial charge in [-0.05, 0) is 30.5 Å². The van der Waals surface area contributed by atoms with Crippen LogP contribution in [0.25, 0.3) is 0 Å².